The van der Waals surface area contributed by atoms with Gasteiger partial charge in [-0.3, -0.25) is 9.28 Å². The molecule has 3 rings (SSSR count). The number of likely N-dealkylation sites (N-methyl/N-ethyl adjacent to an activating group) is 1. The first-order valence-corrected chi connectivity index (χ1v) is 17.0. The van der Waals surface area contributed by atoms with Crippen molar-refractivity contribution < 1.29 is 18.8 Å². The summed E-state index contributed by atoms with van der Waals surface area (Å²) in [6, 6.07) is 0. The molecule has 1 aromatic heterocycles. The van der Waals surface area contributed by atoms with Gasteiger partial charge in [0.2, 0.25) is 6.23 Å². The van der Waals surface area contributed by atoms with E-state index in [-0.39, 0.29) is 12.2 Å². The van der Waals surface area contributed by atoms with Crippen LogP contribution in [0, 0.1) is 5.92 Å². The summed E-state index contributed by atoms with van der Waals surface area (Å²) in [6.07, 6.45) is 24.6. The minimum atomic E-state index is -0.0766. The fraction of sp³-hybridized carbons (Fsp3) is 0.844. The van der Waals surface area contributed by atoms with Crippen LogP contribution in [-0.2, 0) is 9.53 Å². The van der Waals surface area contributed by atoms with E-state index in [9.17, 15) is 4.79 Å². The highest BCUT2D eigenvalue weighted by Crippen LogP contribution is 2.38. The van der Waals surface area contributed by atoms with Gasteiger partial charge in [0.15, 0.2) is 0 Å². The number of esters is 1. The number of rotatable bonds is 20. The summed E-state index contributed by atoms with van der Waals surface area (Å²) in [6.45, 7) is 6.98. The number of ether oxygens (including phenoxy) is 2. The maximum absolute atomic E-state index is 13.1. The van der Waals surface area contributed by atoms with Crippen LogP contribution in [-0.4, -0.2) is 52.2 Å². The van der Waals surface area contributed by atoms with Gasteiger partial charge in [-0.15, -0.1) is 4.37 Å². The molecule has 2 aliphatic rings. The van der Waals surface area contributed by atoms with Crippen molar-refractivity contribution in [2.24, 2.45) is 5.92 Å². The van der Waals surface area contributed by atoms with Gasteiger partial charge >= 0.3 is 5.97 Å². The Morgan fingerprint density at radius 1 is 0.949 bits per heavy atom. The minimum absolute atomic E-state index is 0.00303. The van der Waals surface area contributed by atoms with E-state index in [0.29, 0.717) is 24.8 Å². The molecular weight excluding hydrogens is 506 g/mol. The molecular formula is C32H56N3O3S+. The van der Waals surface area contributed by atoms with Gasteiger partial charge in [0.1, 0.15) is 12.2 Å². The predicted molar refractivity (Wildman–Crippen MR) is 162 cm³/mol. The zero-order valence-electron chi connectivity index (χ0n) is 25.3. The van der Waals surface area contributed by atoms with Crippen molar-refractivity contribution in [3.63, 3.8) is 0 Å². The zero-order valence-corrected chi connectivity index (χ0v) is 26.1. The molecule has 0 bridgehead atoms. The maximum Gasteiger partial charge on any atom is 0.310 e. The second-order valence-corrected chi connectivity index (χ2v) is 12.7. The van der Waals surface area contributed by atoms with E-state index in [0.717, 1.165) is 61.8 Å². The van der Waals surface area contributed by atoms with Crippen LogP contribution >= 0.6 is 11.7 Å². The average molecular weight is 563 g/mol. The van der Waals surface area contributed by atoms with Gasteiger partial charge in [-0.1, -0.05) is 103 Å². The van der Waals surface area contributed by atoms with Crippen LogP contribution in [0.15, 0.2) is 6.08 Å². The molecule has 2 heterocycles. The Hall–Kier alpha value is -1.47. The highest BCUT2D eigenvalue weighted by atomic mass is 32.1. The largest absolute Gasteiger partial charge is 0.475 e. The fourth-order valence-corrected chi connectivity index (χ4v) is 6.90. The number of unbranched alkanes of at least 4 members (excludes halogenated alkanes) is 11. The first-order valence-electron chi connectivity index (χ1n) is 16.3. The topological polar surface area (TPSA) is 61.3 Å². The summed E-state index contributed by atoms with van der Waals surface area (Å²) in [5.74, 6) is 1.12. The molecule has 39 heavy (non-hydrogen) atoms. The van der Waals surface area contributed by atoms with E-state index < -0.39 is 0 Å². The van der Waals surface area contributed by atoms with Gasteiger partial charge in [-0.25, -0.2) is 0 Å². The predicted octanol–water partition coefficient (Wildman–Crippen LogP) is 8.71. The number of quaternary nitrogens is 1. The third kappa shape index (κ3) is 10.8. The van der Waals surface area contributed by atoms with Crippen molar-refractivity contribution in [3.8, 4) is 5.88 Å². The molecule has 1 saturated carbocycles. The quantitative estimate of drug-likeness (QED) is 0.0903. The molecule has 2 unspecified atom stereocenters. The second kappa shape index (κ2) is 18.1. The molecule has 6 nitrogen and oxygen atoms in total. The minimum Gasteiger partial charge on any atom is -0.475 e. The third-order valence-corrected chi connectivity index (χ3v) is 9.23. The van der Waals surface area contributed by atoms with E-state index in [2.05, 4.69) is 35.7 Å². The van der Waals surface area contributed by atoms with Crippen molar-refractivity contribution >= 4 is 23.3 Å². The number of carbonyl (C=O) groups excluding carboxylic acids is 1. The molecule has 1 aliphatic carbocycles. The first-order chi connectivity index (χ1) is 19.1. The van der Waals surface area contributed by atoms with E-state index >= 15 is 0 Å². The summed E-state index contributed by atoms with van der Waals surface area (Å²) in [5, 5.41) is 0. The number of nitrogens with zero attached hydrogens (tertiary/aromatic N) is 3. The van der Waals surface area contributed by atoms with Crippen LogP contribution in [0.5, 0.6) is 5.88 Å². The third-order valence-electron chi connectivity index (χ3n) is 8.72. The molecule has 2 atom stereocenters. The van der Waals surface area contributed by atoms with E-state index in [4.69, 9.17) is 9.47 Å². The molecule has 0 spiro atoms. The van der Waals surface area contributed by atoms with Crippen molar-refractivity contribution in [2.45, 2.75) is 142 Å². The maximum atomic E-state index is 13.1. The average Bonchev–Trinajstić information content (AvgIpc) is 3.63. The van der Waals surface area contributed by atoms with Gasteiger partial charge in [-0.05, 0) is 25.7 Å². The van der Waals surface area contributed by atoms with Crippen LogP contribution in [0.2, 0.25) is 0 Å². The lowest BCUT2D eigenvalue weighted by atomic mass is 9.98. The molecule has 0 amide bonds. The lowest BCUT2D eigenvalue weighted by Gasteiger charge is -2.45. The van der Waals surface area contributed by atoms with E-state index in [1.54, 1.807) is 0 Å². The molecule has 1 aromatic rings. The molecule has 0 saturated heterocycles. The number of aromatic nitrogens is 2. The van der Waals surface area contributed by atoms with Crippen LogP contribution in [0.4, 0.5) is 0 Å². The Labute approximate surface area is 242 Å². The Morgan fingerprint density at radius 2 is 1.59 bits per heavy atom. The lowest BCUT2D eigenvalue weighted by Crippen LogP contribution is -2.59. The van der Waals surface area contributed by atoms with Gasteiger partial charge in [0, 0.05) is 24.3 Å². The van der Waals surface area contributed by atoms with E-state index in [1.807, 2.05) is 0 Å². The molecule has 1 fully saturated rings. The van der Waals surface area contributed by atoms with Gasteiger partial charge in [0.25, 0.3) is 5.88 Å². The summed E-state index contributed by atoms with van der Waals surface area (Å²) >= 11 is 1.23. The van der Waals surface area contributed by atoms with Crippen LogP contribution in [0.25, 0.3) is 5.57 Å². The van der Waals surface area contributed by atoms with Gasteiger partial charge in [0.05, 0.1) is 31.9 Å². The normalized spacial score (nSPS) is 20.6. The Kier molecular flexibility index (Phi) is 14.8. The first kappa shape index (κ1) is 32.0. The zero-order chi connectivity index (χ0) is 27.8. The summed E-state index contributed by atoms with van der Waals surface area (Å²) in [7, 11) is 2.28. The highest BCUT2D eigenvalue weighted by molar-refractivity contribution is 6.99. The van der Waals surface area contributed by atoms with Crippen molar-refractivity contribution in [2.75, 3.05) is 26.7 Å². The van der Waals surface area contributed by atoms with Crippen LogP contribution in [0.1, 0.15) is 142 Å². The second-order valence-electron chi connectivity index (χ2n) is 12.2. The van der Waals surface area contributed by atoms with Crippen molar-refractivity contribution in [1.82, 2.24) is 8.75 Å². The monoisotopic (exact) mass is 562 g/mol. The van der Waals surface area contributed by atoms with E-state index in [1.165, 1.54) is 94.4 Å². The van der Waals surface area contributed by atoms with Crippen molar-refractivity contribution in [1.29, 1.82) is 0 Å². The summed E-state index contributed by atoms with van der Waals surface area (Å²) in [4.78, 5) is 13.1. The standard InChI is InChI=1S/C32H56N3O3S/c1-4-6-8-10-11-12-13-14-15-23-29(36)38-32(27-20-16-17-21-27)35(3)24-19-22-28(26-35)30-31(34-39-33-30)37-25-18-9-7-5-2/h22,27,32H,4-21,23-26H2,1-3H3/q+1. The number of hydrogen-bond acceptors (Lipinski definition) is 6. The SMILES string of the molecule is CCCCCCCCCCCC(=O)OC(C1CCCC1)[N+]1(C)CCC=C(c2nsnc2OCCCCCC)C1. The number of hydrogen-bond donors (Lipinski definition) is 0. The van der Waals surface area contributed by atoms with Crippen molar-refractivity contribution in [3.05, 3.63) is 11.8 Å². The molecule has 0 N–H and O–H groups in total. The van der Waals surface area contributed by atoms with Crippen LogP contribution < -0.4 is 4.74 Å². The number of carbonyl (C=O) groups is 1. The van der Waals surface area contributed by atoms with Gasteiger partial charge in [-0.2, -0.15) is 4.37 Å². The lowest BCUT2D eigenvalue weighted by molar-refractivity contribution is -0.951. The smallest absolute Gasteiger partial charge is 0.310 e. The summed E-state index contributed by atoms with van der Waals surface area (Å²) in [5.41, 5.74) is 2.09. The highest BCUT2D eigenvalue weighted by Gasteiger charge is 2.44. The van der Waals surface area contributed by atoms with Gasteiger partial charge < -0.3 is 9.47 Å². The fourth-order valence-electron chi connectivity index (χ4n) is 6.37. The molecule has 0 aromatic carbocycles. The molecule has 0 radical (unpaired) electrons. The summed E-state index contributed by atoms with van der Waals surface area (Å²) < 4.78 is 22.3. The molecule has 7 heteroatoms. The Balaban J connectivity index is 1.52. The molecule has 222 valence electrons. The Morgan fingerprint density at radius 3 is 2.28 bits per heavy atom. The Bertz CT molecular complexity index is 851. The van der Waals surface area contributed by atoms with Crippen LogP contribution in [0.3, 0.4) is 0 Å². The molecule has 1 aliphatic heterocycles.